The Balaban J connectivity index is 2.58. The lowest BCUT2D eigenvalue weighted by Gasteiger charge is -2.22. The molecule has 1 aromatic heterocycles. The van der Waals surface area contributed by atoms with Crippen LogP contribution in [0.4, 0.5) is 0 Å². The Kier molecular flexibility index (Phi) is 6.84. The smallest absolute Gasteiger partial charge is 0.307 e. The first-order valence-electron chi connectivity index (χ1n) is 6.98. The normalized spacial score (nSPS) is 10.6. The second-order valence-corrected chi connectivity index (χ2v) is 5.05. The molecule has 0 bridgehead atoms. The Morgan fingerprint density at radius 2 is 2.15 bits per heavy atom. The molecule has 0 aliphatic heterocycles. The summed E-state index contributed by atoms with van der Waals surface area (Å²) < 4.78 is 10.2. The molecule has 0 aliphatic rings. The molecule has 0 saturated heterocycles. The maximum absolute atomic E-state index is 12.2. The highest BCUT2D eigenvalue weighted by molar-refractivity contribution is 5.77. The third-order valence-electron chi connectivity index (χ3n) is 2.75. The third-order valence-corrected chi connectivity index (χ3v) is 2.75. The molecule has 112 valence electrons. The molecule has 0 unspecified atom stereocenters. The highest BCUT2D eigenvalue weighted by atomic mass is 16.5. The van der Waals surface area contributed by atoms with E-state index in [-0.39, 0.29) is 24.2 Å². The maximum atomic E-state index is 12.2. The molecule has 0 spiro atoms. The number of furan rings is 1. The van der Waals surface area contributed by atoms with Crippen LogP contribution in [0.3, 0.4) is 0 Å². The van der Waals surface area contributed by atoms with E-state index < -0.39 is 0 Å². The average molecular weight is 281 g/mol. The van der Waals surface area contributed by atoms with Crippen molar-refractivity contribution < 1.29 is 18.7 Å². The fourth-order valence-corrected chi connectivity index (χ4v) is 1.82. The van der Waals surface area contributed by atoms with Crippen LogP contribution in [-0.4, -0.2) is 29.9 Å². The topological polar surface area (TPSA) is 59.8 Å². The summed E-state index contributed by atoms with van der Waals surface area (Å²) in [6, 6.07) is 3.60. The molecule has 20 heavy (non-hydrogen) atoms. The first-order chi connectivity index (χ1) is 9.52. The zero-order chi connectivity index (χ0) is 15.0. The van der Waals surface area contributed by atoms with Gasteiger partial charge in [-0.1, -0.05) is 13.8 Å². The van der Waals surface area contributed by atoms with Crippen molar-refractivity contribution in [2.45, 2.75) is 40.2 Å². The van der Waals surface area contributed by atoms with Crippen LogP contribution in [0.2, 0.25) is 0 Å². The van der Waals surface area contributed by atoms with Crippen molar-refractivity contribution >= 4 is 11.9 Å². The van der Waals surface area contributed by atoms with E-state index in [1.54, 1.807) is 24.2 Å². The number of amides is 1. The molecule has 5 nitrogen and oxygen atoms in total. The molecule has 0 aliphatic carbocycles. The van der Waals surface area contributed by atoms with Gasteiger partial charge in [-0.2, -0.15) is 0 Å². The largest absolute Gasteiger partial charge is 0.467 e. The van der Waals surface area contributed by atoms with Gasteiger partial charge in [-0.3, -0.25) is 9.59 Å². The Hall–Kier alpha value is -1.78. The van der Waals surface area contributed by atoms with Crippen LogP contribution in [-0.2, 0) is 20.9 Å². The van der Waals surface area contributed by atoms with Crippen LogP contribution < -0.4 is 0 Å². The van der Waals surface area contributed by atoms with E-state index in [1.807, 2.05) is 19.9 Å². The molecule has 0 radical (unpaired) electrons. The molecule has 1 aromatic rings. The standard InChI is InChI=1S/C15H23NO4/c1-4-19-15(18)7-8-16(14(17)10-12(2)3)11-13-6-5-9-20-13/h5-6,9,12H,4,7-8,10-11H2,1-3H3. The van der Waals surface area contributed by atoms with Crippen LogP contribution in [0, 0.1) is 5.92 Å². The summed E-state index contributed by atoms with van der Waals surface area (Å²) in [5.74, 6) is 0.741. The second-order valence-electron chi connectivity index (χ2n) is 5.05. The summed E-state index contributed by atoms with van der Waals surface area (Å²) in [7, 11) is 0. The molecule has 5 heteroatoms. The SMILES string of the molecule is CCOC(=O)CCN(Cc1ccco1)C(=O)CC(C)C. The molecule has 0 aromatic carbocycles. The number of carbonyl (C=O) groups excluding carboxylic acids is 2. The average Bonchev–Trinajstić information content (AvgIpc) is 2.86. The molecule has 1 rings (SSSR count). The summed E-state index contributed by atoms with van der Waals surface area (Å²) >= 11 is 0. The first kappa shape index (κ1) is 16.3. The zero-order valence-electron chi connectivity index (χ0n) is 12.4. The van der Waals surface area contributed by atoms with Crippen molar-refractivity contribution in [1.82, 2.24) is 4.90 Å². The second kappa shape index (κ2) is 8.40. The monoisotopic (exact) mass is 281 g/mol. The molecular weight excluding hydrogens is 258 g/mol. The number of carbonyl (C=O) groups is 2. The molecule has 0 fully saturated rings. The molecule has 0 atom stereocenters. The van der Waals surface area contributed by atoms with E-state index in [1.165, 1.54) is 0 Å². The first-order valence-corrected chi connectivity index (χ1v) is 6.98. The molecular formula is C15H23NO4. The summed E-state index contributed by atoms with van der Waals surface area (Å²) in [5, 5.41) is 0. The highest BCUT2D eigenvalue weighted by Gasteiger charge is 2.18. The molecule has 0 N–H and O–H groups in total. The fourth-order valence-electron chi connectivity index (χ4n) is 1.82. The number of rotatable bonds is 8. The van der Waals surface area contributed by atoms with E-state index >= 15 is 0 Å². The van der Waals surface area contributed by atoms with E-state index in [0.717, 1.165) is 0 Å². The van der Waals surface area contributed by atoms with Crippen LogP contribution in [0.5, 0.6) is 0 Å². The number of hydrogen-bond donors (Lipinski definition) is 0. The Labute approximate surface area is 119 Å². The van der Waals surface area contributed by atoms with E-state index in [4.69, 9.17) is 9.15 Å². The van der Waals surface area contributed by atoms with Crippen molar-refractivity contribution in [1.29, 1.82) is 0 Å². The maximum Gasteiger partial charge on any atom is 0.307 e. The van der Waals surface area contributed by atoms with Gasteiger partial charge in [-0.15, -0.1) is 0 Å². The van der Waals surface area contributed by atoms with Crippen LogP contribution in [0.1, 0.15) is 39.4 Å². The minimum atomic E-state index is -0.283. The number of esters is 1. The van der Waals surface area contributed by atoms with Gasteiger partial charge in [-0.05, 0) is 25.0 Å². The molecule has 0 saturated carbocycles. The van der Waals surface area contributed by atoms with Crippen molar-refractivity contribution in [2.24, 2.45) is 5.92 Å². The summed E-state index contributed by atoms with van der Waals surface area (Å²) in [6.45, 7) is 6.85. The van der Waals surface area contributed by atoms with Gasteiger partial charge in [0.25, 0.3) is 0 Å². The molecule has 1 heterocycles. The minimum absolute atomic E-state index is 0.0284. The lowest BCUT2D eigenvalue weighted by Crippen LogP contribution is -2.33. The van der Waals surface area contributed by atoms with Gasteiger partial charge in [0.1, 0.15) is 5.76 Å². The Morgan fingerprint density at radius 1 is 1.40 bits per heavy atom. The van der Waals surface area contributed by atoms with E-state index in [0.29, 0.717) is 31.9 Å². The highest BCUT2D eigenvalue weighted by Crippen LogP contribution is 2.11. The fraction of sp³-hybridized carbons (Fsp3) is 0.600. The summed E-state index contributed by atoms with van der Waals surface area (Å²) in [5.41, 5.74) is 0. The number of ether oxygens (including phenoxy) is 1. The number of nitrogens with zero attached hydrogens (tertiary/aromatic N) is 1. The predicted octanol–water partition coefficient (Wildman–Crippen LogP) is 2.61. The van der Waals surface area contributed by atoms with Gasteiger partial charge in [0.05, 0.1) is 25.8 Å². The van der Waals surface area contributed by atoms with E-state index in [9.17, 15) is 9.59 Å². The van der Waals surface area contributed by atoms with Crippen LogP contribution >= 0.6 is 0 Å². The van der Waals surface area contributed by atoms with Gasteiger partial charge in [-0.25, -0.2) is 0 Å². The van der Waals surface area contributed by atoms with E-state index in [2.05, 4.69) is 0 Å². The zero-order valence-corrected chi connectivity index (χ0v) is 12.4. The van der Waals surface area contributed by atoms with Crippen molar-refractivity contribution in [3.05, 3.63) is 24.2 Å². The summed E-state index contributed by atoms with van der Waals surface area (Å²) in [4.78, 5) is 25.2. The van der Waals surface area contributed by atoms with Gasteiger partial charge in [0.2, 0.25) is 5.91 Å². The minimum Gasteiger partial charge on any atom is -0.467 e. The Bertz CT molecular complexity index is 412. The van der Waals surface area contributed by atoms with Crippen LogP contribution in [0.15, 0.2) is 22.8 Å². The lowest BCUT2D eigenvalue weighted by atomic mass is 10.1. The quantitative estimate of drug-likeness (QED) is 0.687. The Morgan fingerprint density at radius 3 is 2.70 bits per heavy atom. The van der Waals surface area contributed by atoms with Gasteiger partial charge >= 0.3 is 5.97 Å². The summed E-state index contributed by atoms with van der Waals surface area (Å²) in [6.07, 6.45) is 2.24. The van der Waals surface area contributed by atoms with Gasteiger partial charge in [0, 0.05) is 13.0 Å². The molecule has 1 amide bonds. The van der Waals surface area contributed by atoms with Gasteiger partial charge < -0.3 is 14.1 Å². The van der Waals surface area contributed by atoms with Crippen molar-refractivity contribution in [3.8, 4) is 0 Å². The third kappa shape index (κ3) is 5.91. The van der Waals surface area contributed by atoms with Crippen molar-refractivity contribution in [3.63, 3.8) is 0 Å². The number of hydrogen-bond acceptors (Lipinski definition) is 4. The van der Waals surface area contributed by atoms with Crippen molar-refractivity contribution in [2.75, 3.05) is 13.2 Å². The lowest BCUT2D eigenvalue weighted by molar-refractivity contribution is -0.144. The van der Waals surface area contributed by atoms with Gasteiger partial charge in [0.15, 0.2) is 0 Å². The predicted molar refractivity (Wildman–Crippen MR) is 74.8 cm³/mol. The van der Waals surface area contributed by atoms with Crippen LogP contribution in [0.25, 0.3) is 0 Å².